The molecular weight excluding hydrogens is 170 g/mol. The lowest BCUT2D eigenvalue weighted by molar-refractivity contribution is -0.138. The van der Waals surface area contributed by atoms with Crippen LogP contribution in [0.4, 0.5) is 0 Å². The molecule has 13 heavy (non-hydrogen) atoms. The van der Waals surface area contributed by atoms with Gasteiger partial charge in [-0.2, -0.15) is 0 Å². The summed E-state index contributed by atoms with van der Waals surface area (Å²) < 4.78 is 5.31. The van der Waals surface area contributed by atoms with Gasteiger partial charge in [0.05, 0.1) is 13.2 Å². The van der Waals surface area contributed by atoms with Gasteiger partial charge in [0, 0.05) is 13.2 Å². The maximum Gasteiger partial charge on any atom is 0.317 e. The minimum Gasteiger partial charge on any atom is -0.480 e. The van der Waals surface area contributed by atoms with Crippen LogP contribution in [0.25, 0.3) is 0 Å². The quantitative estimate of drug-likeness (QED) is 0.598. The Kier molecular flexibility index (Phi) is 6.54. The first-order valence-electron chi connectivity index (χ1n) is 4.50. The van der Waals surface area contributed by atoms with E-state index < -0.39 is 5.97 Å². The van der Waals surface area contributed by atoms with E-state index in [-0.39, 0.29) is 6.54 Å². The maximum atomic E-state index is 10.3. The van der Waals surface area contributed by atoms with Gasteiger partial charge in [0.2, 0.25) is 0 Å². The molecule has 0 radical (unpaired) electrons. The Morgan fingerprint density at radius 3 is 2.62 bits per heavy atom. The van der Waals surface area contributed by atoms with Gasteiger partial charge in [-0.3, -0.25) is 9.69 Å². The molecule has 0 aromatic carbocycles. The number of hydrogen-bond acceptors (Lipinski definition) is 3. The minimum absolute atomic E-state index is 0.0744. The molecule has 0 aromatic heterocycles. The molecule has 0 aromatic rings. The zero-order chi connectivity index (χ0) is 10.3. The van der Waals surface area contributed by atoms with Crippen molar-refractivity contribution < 1.29 is 14.6 Å². The molecular formula is C9H19NO3. The fourth-order valence-corrected chi connectivity index (χ4v) is 0.849. The summed E-state index contributed by atoms with van der Waals surface area (Å²) in [5, 5.41) is 8.45. The van der Waals surface area contributed by atoms with Crippen molar-refractivity contribution in [2.24, 2.45) is 5.92 Å². The molecule has 0 spiro atoms. The third-order valence-electron chi connectivity index (χ3n) is 1.47. The average Bonchev–Trinajstić information content (AvgIpc) is 1.96. The number of carboxylic acid groups (broad SMARTS) is 1. The van der Waals surface area contributed by atoms with Crippen molar-refractivity contribution in [3.63, 3.8) is 0 Å². The Hall–Kier alpha value is -0.610. The van der Waals surface area contributed by atoms with E-state index in [9.17, 15) is 4.79 Å². The van der Waals surface area contributed by atoms with Gasteiger partial charge >= 0.3 is 5.97 Å². The summed E-state index contributed by atoms with van der Waals surface area (Å²) >= 11 is 0. The normalized spacial score (nSPS) is 11.2. The predicted molar refractivity (Wildman–Crippen MR) is 50.8 cm³/mol. The molecule has 4 heteroatoms. The molecule has 1 N–H and O–H groups in total. The number of aliphatic carboxylic acids is 1. The zero-order valence-electron chi connectivity index (χ0n) is 8.62. The molecule has 4 nitrogen and oxygen atoms in total. The van der Waals surface area contributed by atoms with Crippen molar-refractivity contribution in [2.45, 2.75) is 13.8 Å². The number of carbonyl (C=O) groups is 1. The van der Waals surface area contributed by atoms with Crippen LogP contribution in [0.2, 0.25) is 0 Å². The van der Waals surface area contributed by atoms with Crippen LogP contribution >= 0.6 is 0 Å². The molecule has 0 saturated heterocycles. The smallest absolute Gasteiger partial charge is 0.317 e. The van der Waals surface area contributed by atoms with E-state index >= 15 is 0 Å². The van der Waals surface area contributed by atoms with Crippen molar-refractivity contribution in [1.82, 2.24) is 4.90 Å². The molecule has 78 valence electrons. The SMILES string of the molecule is CC(C)COCCN(C)CC(=O)O. The number of hydrogen-bond donors (Lipinski definition) is 1. The summed E-state index contributed by atoms with van der Waals surface area (Å²) in [4.78, 5) is 12.0. The van der Waals surface area contributed by atoms with Crippen LogP contribution in [0, 0.1) is 5.92 Å². The van der Waals surface area contributed by atoms with Crippen LogP contribution in [0.5, 0.6) is 0 Å². The zero-order valence-corrected chi connectivity index (χ0v) is 8.62. The highest BCUT2D eigenvalue weighted by Gasteiger charge is 2.03. The standard InChI is InChI=1S/C9H19NO3/c1-8(2)7-13-5-4-10(3)6-9(11)12/h8H,4-7H2,1-3H3,(H,11,12). The van der Waals surface area contributed by atoms with Crippen molar-refractivity contribution in [3.8, 4) is 0 Å². The van der Waals surface area contributed by atoms with Crippen molar-refractivity contribution in [3.05, 3.63) is 0 Å². The summed E-state index contributed by atoms with van der Waals surface area (Å²) in [6.07, 6.45) is 0. The van der Waals surface area contributed by atoms with Gasteiger partial charge in [0.1, 0.15) is 0 Å². The van der Waals surface area contributed by atoms with E-state index in [0.717, 1.165) is 6.61 Å². The summed E-state index contributed by atoms with van der Waals surface area (Å²) in [6, 6.07) is 0. The molecule has 0 heterocycles. The van der Waals surface area contributed by atoms with Gasteiger partial charge in [-0.15, -0.1) is 0 Å². The second-order valence-electron chi connectivity index (χ2n) is 3.60. The molecule has 0 rings (SSSR count). The number of likely N-dealkylation sites (N-methyl/N-ethyl adjacent to an activating group) is 1. The largest absolute Gasteiger partial charge is 0.480 e. The Balaban J connectivity index is 3.26. The molecule has 0 amide bonds. The second kappa shape index (κ2) is 6.86. The first kappa shape index (κ1) is 12.4. The predicted octanol–water partition coefficient (Wildman–Crippen LogP) is 0.675. The summed E-state index contributed by atoms with van der Waals surface area (Å²) in [5.41, 5.74) is 0. The van der Waals surface area contributed by atoms with Gasteiger partial charge in [0.15, 0.2) is 0 Å². The monoisotopic (exact) mass is 189 g/mol. The van der Waals surface area contributed by atoms with Crippen LogP contribution in [-0.2, 0) is 9.53 Å². The fraction of sp³-hybridized carbons (Fsp3) is 0.889. The van der Waals surface area contributed by atoms with E-state index in [1.165, 1.54) is 0 Å². The Labute approximate surface area is 79.5 Å². The van der Waals surface area contributed by atoms with Crippen LogP contribution < -0.4 is 0 Å². The van der Waals surface area contributed by atoms with Crippen molar-refractivity contribution >= 4 is 5.97 Å². The second-order valence-corrected chi connectivity index (χ2v) is 3.60. The summed E-state index contributed by atoms with van der Waals surface area (Å²) in [7, 11) is 1.77. The molecule has 0 aliphatic heterocycles. The van der Waals surface area contributed by atoms with E-state index in [1.807, 2.05) is 0 Å². The van der Waals surface area contributed by atoms with Crippen LogP contribution in [0.15, 0.2) is 0 Å². The number of carboxylic acids is 1. The van der Waals surface area contributed by atoms with Gasteiger partial charge < -0.3 is 9.84 Å². The van der Waals surface area contributed by atoms with Gasteiger partial charge in [0.25, 0.3) is 0 Å². The topological polar surface area (TPSA) is 49.8 Å². The number of ether oxygens (including phenoxy) is 1. The van der Waals surface area contributed by atoms with Crippen LogP contribution in [0.3, 0.4) is 0 Å². The van der Waals surface area contributed by atoms with E-state index in [0.29, 0.717) is 19.1 Å². The summed E-state index contributed by atoms with van der Waals surface area (Å²) in [6.45, 7) is 6.24. The third-order valence-corrected chi connectivity index (χ3v) is 1.47. The highest BCUT2D eigenvalue weighted by atomic mass is 16.5. The Morgan fingerprint density at radius 1 is 1.54 bits per heavy atom. The van der Waals surface area contributed by atoms with Crippen LogP contribution in [-0.4, -0.2) is 49.3 Å². The van der Waals surface area contributed by atoms with E-state index in [4.69, 9.17) is 9.84 Å². The molecule has 0 atom stereocenters. The minimum atomic E-state index is -0.800. The lowest BCUT2D eigenvalue weighted by atomic mass is 10.2. The van der Waals surface area contributed by atoms with Crippen molar-refractivity contribution in [2.75, 3.05) is 33.4 Å². The van der Waals surface area contributed by atoms with Gasteiger partial charge in [-0.1, -0.05) is 13.8 Å². The maximum absolute atomic E-state index is 10.3. The molecule has 0 fully saturated rings. The lowest BCUT2D eigenvalue weighted by Crippen LogP contribution is -2.29. The average molecular weight is 189 g/mol. The Bertz CT molecular complexity index is 148. The highest BCUT2D eigenvalue weighted by molar-refractivity contribution is 5.68. The molecule has 0 bridgehead atoms. The molecule has 0 aliphatic rings. The highest BCUT2D eigenvalue weighted by Crippen LogP contribution is 1.92. The van der Waals surface area contributed by atoms with E-state index in [1.54, 1.807) is 11.9 Å². The first-order valence-corrected chi connectivity index (χ1v) is 4.50. The fourth-order valence-electron chi connectivity index (χ4n) is 0.849. The molecule has 0 saturated carbocycles. The number of rotatable bonds is 7. The van der Waals surface area contributed by atoms with Crippen molar-refractivity contribution in [1.29, 1.82) is 0 Å². The van der Waals surface area contributed by atoms with Gasteiger partial charge in [-0.05, 0) is 13.0 Å². The lowest BCUT2D eigenvalue weighted by Gasteiger charge is -2.14. The van der Waals surface area contributed by atoms with E-state index in [2.05, 4.69) is 13.8 Å². The van der Waals surface area contributed by atoms with Crippen LogP contribution in [0.1, 0.15) is 13.8 Å². The Morgan fingerprint density at radius 2 is 2.15 bits per heavy atom. The number of nitrogens with zero attached hydrogens (tertiary/aromatic N) is 1. The molecule has 0 aliphatic carbocycles. The molecule has 0 unspecified atom stereocenters. The summed E-state index contributed by atoms with van der Waals surface area (Å²) in [5.74, 6) is -0.267. The first-order chi connectivity index (χ1) is 6.02. The van der Waals surface area contributed by atoms with Gasteiger partial charge in [-0.25, -0.2) is 0 Å². The third kappa shape index (κ3) is 9.30.